The fourth-order valence-electron chi connectivity index (χ4n) is 3.80. The maximum Gasteiger partial charge on any atom is 0.223 e. The number of halogens is 1. The van der Waals surface area contributed by atoms with Crippen molar-refractivity contribution in [3.63, 3.8) is 0 Å². The van der Waals surface area contributed by atoms with Crippen LogP contribution in [0, 0.1) is 11.7 Å². The zero-order valence-electron chi connectivity index (χ0n) is 18.5. The summed E-state index contributed by atoms with van der Waals surface area (Å²) in [6.07, 6.45) is 1.51. The van der Waals surface area contributed by atoms with E-state index in [0.717, 1.165) is 48.8 Å². The van der Waals surface area contributed by atoms with Gasteiger partial charge < -0.3 is 19.7 Å². The summed E-state index contributed by atoms with van der Waals surface area (Å²) in [7, 11) is 1.64. The first-order valence-corrected chi connectivity index (χ1v) is 11.0. The smallest absolute Gasteiger partial charge is 0.223 e. The van der Waals surface area contributed by atoms with Gasteiger partial charge in [0, 0.05) is 24.6 Å². The van der Waals surface area contributed by atoms with Crippen LogP contribution in [-0.4, -0.2) is 49.5 Å². The van der Waals surface area contributed by atoms with Gasteiger partial charge in [0.15, 0.2) is 5.82 Å². The first-order valence-electron chi connectivity index (χ1n) is 11.0. The molecule has 33 heavy (non-hydrogen) atoms. The van der Waals surface area contributed by atoms with Gasteiger partial charge in [-0.15, -0.1) is 10.2 Å². The first kappa shape index (κ1) is 22.5. The van der Waals surface area contributed by atoms with E-state index in [4.69, 9.17) is 9.47 Å². The Morgan fingerprint density at radius 2 is 1.70 bits per heavy atom. The second-order valence-electron chi connectivity index (χ2n) is 7.86. The maximum atomic E-state index is 12.9. The number of amides is 1. The molecule has 2 heterocycles. The molecule has 0 aliphatic carbocycles. The number of benzene rings is 2. The molecule has 0 spiro atoms. The van der Waals surface area contributed by atoms with Crippen molar-refractivity contribution in [2.24, 2.45) is 5.92 Å². The Hall–Kier alpha value is -3.68. The molecule has 0 radical (unpaired) electrons. The Morgan fingerprint density at radius 1 is 1.00 bits per heavy atom. The molecule has 0 saturated carbocycles. The number of carbonyl (C=O) groups excluding carboxylic acids is 1. The molecular formula is C25H27FN4O3. The zero-order chi connectivity index (χ0) is 23.0. The molecular weight excluding hydrogens is 423 g/mol. The summed E-state index contributed by atoms with van der Waals surface area (Å²) < 4.78 is 23.6. The fraction of sp³-hybridized carbons (Fsp3) is 0.320. The lowest BCUT2D eigenvalue weighted by molar-refractivity contribution is -0.125. The van der Waals surface area contributed by atoms with Gasteiger partial charge in [-0.25, -0.2) is 4.39 Å². The molecule has 1 saturated heterocycles. The summed E-state index contributed by atoms with van der Waals surface area (Å²) in [5.41, 5.74) is 1.78. The van der Waals surface area contributed by atoms with E-state index in [1.807, 2.05) is 36.4 Å². The van der Waals surface area contributed by atoms with Gasteiger partial charge in [-0.1, -0.05) is 0 Å². The largest absolute Gasteiger partial charge is 0.497 e. The van der Waals surface area contributed by atoms with E-state index in [-0.39, 0.29) is 17.6 Å². The second-order valence-corrected chi connectivity index (χ2v) is 7.86. The number of carbonyl (C=O) groups is 1. The van der Waals surface area contributed by atoms with E-state index < -0.39 is 0 Å². The molecule has 4 rings (SSSR count). The minimum absolute atomic E-state index is 0.0291. The van der Waals surface area contributed by atoms with Gasteiger partial charge in [-0.2, -0.15) is 0 Å². The third-order valence-electron chi connectivity index (χ3n) is 5.71. The van der Waals surface area contributed by atoms with Gasteiger partial charge in [-0.3, -0.25) is 4.79 Å². The molecule has 0 bridgehead atoms. The Labute approximate surface area is 192 Å². The van der Waals surface area contributed by atoms with Crippen LogP contribution in [0.15, 0.2) is 60.7 Å². The normalized spacial score (nSPS) is 14.1. The monoisotopic (exact) mass is 450 g/mol. The topological polar surface area (TPSA) is 76.6 Å². The SMILES string of the molecule is COc1ccc(-c2ccc(N3CCC(C(=O)NCCOc4ccc(F)cc4)CC3)nn2)cc1. The van der Waals surface area contributed by atoms with Crippen LogP contribution in [0.3, 0.4) is 0 Å². The van der Waals surface area contributed by atoms with E-state index in [9.17, 15) is 9.18 Å². The Kier molecular flexibility index (Phi) is 7.34. The molecule has 0 unspecified atom stereocenters. The predicted molar refractivity (Wildman–Crippen MR) is 124 cm³/mol. The van der Waals surface area contributed by atoms with E-state index in [1.54, 1.807) is 19.2 Å². The number of hydrogen-bond donors (Lipinski definition) is 1. The van der Waals surface area contributed by atoms with Crippen molar-refractivity contribution in [3.8, 4) is 22.8 Å². The minimum atomic E-state index is -0.304. The average Bonchev–Trinajstić information content (AvgIpc) is 2.88. The summed E-state index contributed by atoms with van der Waals surface area (Å²) >= 11 is 0. The van der Waals surface area contributed by atoms with Crippen LogP contribution in [0.2, 0.25) is 0 Å². The summed E-state index contributed by atoms with van der Waals surface area (Å²) in [5, 5.41) is 11.7. The van der Waals surface area contributed by atoms with Crippen molar-refractivity contribution in [2.75, 3.05) is 38.3 Å². The van der Waals surface area contributed by atoms with Gasteiger partial charge in [0.2, 0.25) is 5.91 Å². The molecule has 0 atom stereocenters. The van der Waals surface area contributed by atoms with Gasteiger partial charge in [0.25, 0.3) is 0 Å². The molecule has 7 nitrogen and oxygen atoms in total. The molecule has 2 aromatic carbocycles. The highest BCUT2D eigenvalue weighted by atomic mass is 19.1. The van der Waals surface area contributed by atoms with Crippen molar-refractivity contribution in [3.05, 3.63) is 66.5 Å². The highest BCUT2D eigenvalue weighted by Crippen LogP contribution is 2.24. The lowest BCUT2D eigenvalue weighted by atomic mass is 9.96. The first-order chi connectivity index (χ1) is 16.1. The third kappa shape index (κ3) is 5.97. The lowest BCUT2D eigenvalue weighted by Gasteiger charge is -2.31. The number of rotatable bonds is 8. The molecule has 172 valence electrons. The van der Waals surface area contributed by atoms with E-state index in [0.29, 0.717) is 18.9 Å². The molecule has 1 fully saturated rings. The summed E-state index contributed by atoms with van der Waals surface area (Å²) in [4.78, 5) is 14.6. The third-order valence-corrected chi connectivity index (χ3v) is 5.71. The van der Waals surface area contributed by atoms with Crippen LogP contribution in [0.1, 0.15) is 12.8 Å². The van der Waals surface area contributed by atoms with Crippen LogP contribution >= 0.6 is 0 Å². The number of anilines is 1. The zero-order valence-corrected chi connectivity index (χ0v) is 18.5. The molecule has 1 aliphatic heterocycles. The van der Waals surface area contributed by atoms with E-state index >= 15 is 0 Å². The number of ether oxygens (including phenoxy) is 2. The predicted octanol–water partition coefficient (Wildman–Crippen LogP) is 3.70. The molecule has 1 aromatic heterocycles. The highest BCUT2D eigenvalue weighted by Gasteiger charge is 2.25. The number of aromatic nitrogens is 2. The van der Waals surface area contributed by atoms with Crippen molar-refractivity contribution in [2.45, 2.75) is 12.8 Å². The number of nitrogens with zero attached hydrogens (tertiary/aromatic N) is 3. The van der Waals surface area contributed by atoms with Crippen LogP contribution in [-0.2, 0) is 4.79 Å². The minimum Gasteiger partial charge on any atom is -0.497 e. The lowest BCUT2D eigenvalue weighted by Crippen LogP contribution is -2.41. The second kappa shape index (κ2) is 10.8. The van der Waals surface area contributed by atoms with Gasteiger partial charge in [0.1, 0.15) is 23.9 Å². The summed E-state index contributed by atoms with van der Waals surface area (Å²) in [6, 6.07) is 17.5. The maximum absolute atomic E-state index is 12.9. The fourth-order valence-corrected chi connectivity index (χ4v) is 3.80. The number of hydrogen-bond acceptors (Lipinski definition) is 6. The Bertz CT molecular complexity index is 1030. The van der Waals surface area contributed by atoms with Crippen molar-refractivity contribution in [1.82, 2.24) is 15.5 Å². The molecule has 1 amide bonds. The Balaban J connectivity index is 1.21. The van der Waals surface area contributed by atoms with Crippen molar-refractivity contribution < 1.29 is 18.7 Å². The van der Waals surface area contributed by atoms with Crippen LogP contribution < -0.4 is 19.7 Å². The number of piperidine rings is 1. The summed E-state index contributed by atoms with van der Waals surface area (Å²) in [5.74, 6) is 1.91. The number of methoxy groups -OCH3 is 1. The molecule has 1 N–H and O–H groups in total. The molecule has 8 heteroatoms. The van der Waals surface area contributed by atoms with Gasteiger partial charge >= 0.3 is 0 Å². The molecule has 3 aromatic rings. The van der Waals surface area contributed by atoms with Crippen LogP contribution in [0.25, 0.3) is 11.3 Å². The Morgan fingerprint density at radius 3 is 2.33 bits per heavy atom. The van der Waals surface area contributed by atoms with Crippen molar-refractivity contribution >= 4 is 11.7 Å². The van der Waals surface area contributed by atoms with Crippen LogP contribution in [0.4, 0.5) is 10.2 Å². The van der Waals surface area contributed by atoms with Crippen molar-refractivity contribution in [1.29, 1.82) is 0 Å². The molecule has 1 aliphatic rings. The average molecular weight is 451 g/mol. The number of nitrogens with one attached hydrogen (secondary N) is 1. The van der Waals surface area contributed by atoms with E-state index in [1.165, 1.54) is 12.1 Å². The summed E-state index contributed by atoms with van der Waals surface area (Å²) in [6.45, 7) is 2.25. The van der Waals surface area contributed by atoms with Gasteiger partial charge in [0.05, 0.1) is 19.3 Å². The van der Waals surface area contributed by atoms with Gasteiger partial charge in [-0.05, 0) is 73.5 Å². The van der Waals surface area contributed by atoms with Crippen LogP contribution in [0.5, 0.6) is 11.5 Å². The standard InChI is InChI=1S/C25H27FN4O3/c1-32-21-6-2-18(3-7-21)23-10-11-24(29-28-23)30-15-12-19(13-16-30)25(31)27-14-17-33-22-8-4-20(26)5-9-22/h2-11,19H,12-17H2,1H3,(H,27,31). The highest BCUT2D eigenvalue weighted by molar-refractivity contribution is 5.79. The van der Waals surface area contributed by atoms with E-state index in [2.05, 4.69) is 20.4 Å². The quantitative estimate of drug-likeness (QED) is 0.528.